The maximum Gasteiger partial charge on any atom is 0.251 e. The number of nitrogens with one attached hydrogen (secondary N) is 2. The number of thioether (sulfide) groups is 2. The molecule has 2 N–H and O–H groups in total. The van der Waals surface area contributed by atoms with Crippen molar-refractivity contribution in [1.29, 1.82) is 0 Å². The van der Waals surface area contributed by atoms with Crippen LogP contribution >= 0.6 is 34.9 Å². The minimum absolute atomic E-state index is 0.144. The zero-order chi connectivity index (χ0) is 18.1. The van der Waals surface area contributed by atoms with Crippen LogP contribution in [0.4, 0.5) is 5.69 Å². The zero-order valence-corrected chi connectivity index (χ0v) is 16.5. The van der Waals surface area contributed by atoms with Gasteiger partial charge in [0.2, 0.25) is 5.91 Å². The molecule has 0 saturated carbocycles. The van der Waals surface area contributed by atoms with E-state index < -0.39 is 0 Å². The molecule has 1 aromatic carbocycles. The van der Waals surface area contributed by atoms with Crippen LogP contribution in [0.2, 0.25) is 0 Å². The molecule has 0 spiro atoms. The molecule has 1 aromatic heterocycles. The van der Waals surface area contributed by atoms with Crippen molar-refractivity contribution < 1.29 is 9.59 Å². The summed E-state index contributed by atoms with van der Waals surface area (Å²) in [7, 11) is 1.57. The van der Waals surface area contributed by atoms with Gasteiger partial charge in [-0.05, 0) is 24.6 Å². The molecule has 134 valence electrons. The van der Waals surface area contributed by atoms with Crippen LogP contribution < -0.4 is 10.6 Å². The topological polar surface area (TPSA) is 84.0 Å². The normalized spacial score (nSPS) is 10.5. The van der Waals surface area contributed by atoms with E-state index in [4.69, 9.17) is 0 Å². The molecule has 0 radical (unpaired) electrons. The van der Waals surface area contributed by atoms with Gasteiger partial charge in [0.05, 0.1) is 5.75 Å². The third-order valence-electron chi connectivity index (χ3n) is 3.07. The van der Waals surface area contributed by atoms with E-state index in [0.29, 0.717) is 11.3 Å². The Kier molecular flexibility index (Phi) is 8.23. The number of aromatic nitrogens is 2. The fraction of sp³-hybridized carbons (Fsp3) is 0.375. The molecule has 2 aromatic rings. The van der Waals surface area contributed by atoms with Gasteiger partial charge in [-0.3, -0.25) is 9.59 Å². The Morgan fingerprint density at radius 2 is 1.96 bits per heavy atom. The lowest BCUT2D eigenvalue weighted by Gasteiger charge is -2.06. The first-order chi connectivity index (χ1) is 12.1. The highest BCUT2D eigenvalue weighted by molar-refractivity contribution is 8.03. The Morgan fingerprint density at radius 1 is 1.20 bits per heavy atom. The highest BCUT2D eigenvalue weighted by atomic mass is 32.2. The number of anilines is 1. The number of amides is 2. The fourth-order valence-electron chi connectivity index (χ4n) is 1.82. The molecular formula is C16H20N4O2S3. The van der Waals surface area contributed by atoms with E-state index >= 15 is 0 Å². The molecule has 0 aliphatic carbocycles. The molecule has 0 atom stereocenters. The second kappa shape index (κ2) is 10.4. The van der Waals surface area contributed by atoms with Crippen molar-refractivity contribution in [2.45, 2.75) is 28.4 Å². The lowest BCUT2D eigenvalue weighted by molar-refractivity contribution is -0.113. The number of carbonyl (C=O) groups excluding carboxylic acids is 2. The van der Waals surface area contributed by atoms with Gasteiger partial charge < -0.3 is 10.6 Å². The van der Waals surface area contributed by atoms with Crippen LogP contribution in [-0.2, 0) is 4.79 Å². The van der Waals surface area contributed by atoms with Gasteiger partial charge in [0.25, 0.3) is 5.91 Å². The van der Waals surface area contributed by atoms with Gasteiger partial charge in [-0.2, -0.15) is 0 Å². The number of benzene rings is 1. The van der Waals surface area contributed by atoms with Gasteiger partial charge >= 0.3 is 0 Å². The average Bonchev–Trinajstić information content (AvgIpc) is 3.07. The van der Waals surface area contributed by atoms with Crippen molar-refractivity contribution in [3.05, 3.63) is 29.8 Å². The maximum absolute atomic E-state index is 12.1. The number of hydrogen-bond donors (Lipinski definition) is 2. The predicted molar refractivity (Wildman–Crippen MR) is 105 cm³/mol. The summed E-state index contributed by atoms with van der Waals surface area (Å²) in [5.41, 5.74) is 1.10. The fourth-order valence-corrected chi connectivity index (χ4v) is 4.80. The van der Waals surface area contributed by atoms with Crippen molar-refractivity contribution in [2.75, 3.05) is 23.9 Å². The summed E-state index contributed by atoms with van der Waals surface area (Å²) in [4.78, 5) is 23.7. The standard InChI is InChI=1S/C16H20N4O2S3/c1-3-4-8-23-15-19-20-16(25-15)24-10-13(21)18-12-7-5-6-11(9-12)14(22)17-2/h5-7,9H,3-4,8,10H2,1-2H3,(H,17,22)(H,18,21). The van der Waals surface area contributed by atoms with Gasteiger partial charge in [0.1, 0.15) is 0 Å². The van der Waals surface area contributed by atoms with E-state index in [1.807, 2.05) is 0 Å². The van der Waals surface area contributed by atoms with Gasteiger partial charge in [-0.15, -0.1) is 10.2 Å². The highest BCUT2D eigenvalue weighted by Crippen LogP contribution is 2.29. The van der Waals surface area contributed by atoms with Crippen molar-refractivity contribution in [3.8, 4) is 0 Å². The monoisotopic (exact) mass is 396 g/mol. The third-order valence-corrected chi connectivity index (χ3v) is 6.35. The molecule has 25 heavy (non-hydrogen) atoms. The Labute approximate surface area is 159 Å². The van der Waals surface area contributed by atoms with E-state index in [9.17, 15) is 9.59 Å². The number of carbonyl (C=O) groups is 2. The largest absolute Gasteiger partial charge is 0.355 e. The quantitative estimate of drug-likeness (QED) is 0.498. The molecule has 0 saturated heterocycles. The summed E-state index contributed by atoms with van der Waals surface area (Å²) in [6.45, 7) is 2.16. The van der Waals surface area contributed by atoms with Gasteiger partial charge in [0, 0.05) is 24.1 Å². The van der Waals surface area contributed by atoms with Crippen LogP contribution in [0.5, 0.6) is 0 Å². The van der Waals surface area contributed by atoms with Crippen LogP contribution in [0.1, 0.15) is 30.1 Å². The lowest BCUT2D eigenvalue weighted by atomic mass is 10.2. The van der Waals surface area contributed by atoms with Crippen LogP contribution in [0, 0.1) is 0 Å². The van der Waals surface area contributed by atoms with Crippen LogP contribution in [-0.4, -0.2) is 40.6 Å². The Bertz CT molecular complexity index is 721. The molecule has 0 aliphatic rings. The van der Waals surface area contributed by atoms with Crippen LogP contribution in [0.25, 0.3) is 0 Å². The minimum Gasteiger partial charge on any atom is -0.355 e. The molecule has 1 heterocycles. The second-order valence-electron chi connectivity index (χ2n) is 5.03. The summed E-state index contributed by atoms with van der Waals surface area (Å²) in [6.07, 6.45) is 2.32. The smallest absolute Gasteiger partial charge is 0.251 e. The van der Waals surface area contributed by atoms with E-state index in [0.717, 1.165) is 27.3 Å². The van der Waals surface area contributed by atoms with E-state index in [1.54, 1.807) is 43.1 Å². The minimum atomic E-state index is -0.188. The van der Waals surface area contributed by atoms with Gasteiger partial charge in [-0.1, -0.05) is 54.3 Å². The number of rotatable bonds is 9. The Morgan fingerprint density at radius 3 is 2.68 bits per heavy atom. The molecule has 0 unspecified atom stereocenters. The van der Waals surface area contributed by atoms with Gasteiger partial charge in [0.15, 0.2) is 8.68 Å². The summed E-state index contributed by atoms with van der Waals surface area (Å²) in [6, 6.07) is 6.83. The first kappa shape index (κ1) is 19.7. The summed E-state index contributed by atoms with van der Waals surface area (Å²) in [5.74, 6) is 0.957. The molecule has 0 fully saturated rings. The SMILES string of the molecule is CCCCSc1nnc(SCC(=O)Nc2cccc(C(=O)NC)c2)s1. The second-order valence-corrected chi connectivity index (χ2v) is 8.57. The molecule has 9 heteroatoms. The molecule has 0 aliphatic heterocycles. The van der Waals surface area contributed by atoms with E-state index in [2.05, 4.69) is 27.8 Å². The first-order valence-corrected chi connectivity index (χ1v) is 10.6. The average molecular weight is 397 g/mol. The highest BCUT2D eigenvalue weighted by Gasteiger charge is 2.10. The molecule has 6 nitrogen and oxygen atoms in total. The molecule has 2 rings (SSSR count). The predicted octanol–water partition coefficient (Wildman–Crippen LogP) is 3.52. The maximum atomic E-state index is 12.1. The van der Waals surface area contributed by atoms with Crippen LogP contribution in [0.3, 0.4) is 0 Å². The first-order valence-electron chi connectivity index (χ1n) is 7.83. The number of hydrogen-bond acceptors (Lipinski definition) is 7. The van der Waals surface area contributed by atoms with Crippen molar-refractivity contribution in [2.24, 2.45) is 0 Å². The van der Waals surface area contributed by atoms with Crippen molar-refractivity contribution >= 4 is 52.4 Å². The van der Waals surface area contributed by atoms with Crippen LogP contribution in [0.15, 0.2) is 32.9 Å². The summed E-state index contributed by atoms with van der Waals surface area (Å²) in [5, 5.41) is 13.6. The van der Waals surface area contributed by atoms with E-state index in [1.165, 1.54) is 23.1 Å². The Balaban J connectivity index is 1.82. The zero-order valence-electron chi connectivity index (χ0n) is 14.1. The Hall–Kier alpha value is -1.58. The number of nitrogens with zero attached hydrogens (tertiary/aromatic N) is 2. The molecule has 2 amide bonds. The summed E-state index contributed by atoms with van der Waals surface area (Å²) < 4.78 is 1.72. The molecular weight excluding hydrogens is 376 g/mol. The summed E-state index contributed by atoms with van der Waals surface area (Å²) >= 11 is 4.58. The number of unbranched alkanes of at least 4 members (excludes halogenated alkanes) is 1. The third kappa shape index (κ3) is 6.68. The van der Waals surface area contributed by atoms with Gasteiger partial charge in [-0.25, -0.2) is 0 Å². The lowest BCUT2D eigenvalue weighted by Crippen LogP contribution is -2.18. The van der Waals surface area contributed by atoms with Crippen molar-refractivity contribution in [3.63, 3.8) is 0 Å². The van der Waals surface area contributed by atoms with E-state index in [-0.39, 0.29) is 17.6 Å². The molecule has 0 bridgehead atoms. The van der Waals surface area contributed by atoms with Crippen molar-refractivity contribution in [1.82, 2.24) is 15.5 Å².